The Kier molecular flexibility index (Phi) is 5.72. The van der Waals surface area contributed by atoms with Crippen LogP contribution in [0.4, 0.5) is 17.6 Å². The van der Waals surface area contributed by atoms with Crippen LogP contribution in [0.15, 0.2) is 22.7 Å². The second-order valence-electron chi connectivity index (χ2n) is 3.07. The van der Waals surface area contributed by atoms with Crippen molar-refractivity contribution in [1.82, 2.24) is 0 Å². The molecule has 0 radical (unpaired) electrons. The Labute approximate surface area is 105 Å². The summed E-state index contributed by atoms with van der Waals surface area (Å²) in [6.45, 7) is 0. The highest BCUT2D eigenvalue weighted by atomic mass is 79.9. The number of hydrogen-bond acceptors (Lipinski definition) is 1. The van der Waals surface area contributed by atoms with Gasteiger partial charge < -0.3 is 5.73 Å². The van der Waals surface area contributed by atoms with Crippen molar-refractivity contribution in [2.75, 3.05) is 0 Å². The Bertz CT molecular complexity index is 356. The van der Waals surface area contributed by atoms with Gasteiger partial charge in [0.1, 0.15) is 5.82 Å². The third-order valence-corrected chi connectivity index (χ3v) is 2.67. The first-order valence-corrected chi connectivity index (χ1v) is 4.87. The lowest BCUT2D eigenvalue weighted by Gasteiger charge is -2.15. The quantitative estimate of drug-likeness (QED) is 0.819. The summed E-state index contributed by atoms with van der Waals surface area (Å²) >= 11 is 2.87. The topological polar surface area (TPSA) is 26.0 Å². The van der Waals surface area contributed by atoms with E-state index in [0.717, 1.165) is 6.07 Å². The average molecular weight is 323 g/mol. The Morgan fingerprint density at radius 2 is 1.88 bits per heavy atom. The predicted molar refractivity (Wildman–Crippen MR) is 58.9 cm³/mol. The van der Waals surface area contributed by atoms with Crippen molar-refractivity contribution >= 4 is 28.3 Å². The van der Waals surface area contributed by atoms with E-state index < -0.39 is 24.5 Å². The van der Waals surface area contributed by atoms with Crippen LogP contribution in [0.1, 0.15) is 18.0 Å². The first-order valence-electron chi connectivity index (χ1n) is 4.07. The maximum absolute atomic E-state index is 13.0. The molecule has 0 heterocycles. The molecule has 1 atom stereocenters. The smallest absolute Gasteiger partial charge is 0.324 e. The van der Waals surface area contributed by atoms with E-state index in [-0.39, 0.29) is 22.4 Å². The van der Waals surface area contributed by atoms with E-state index in [0.29, 0.717) is 0 Å². The van der Waals surface area contributed by atoms with E-state index in [1.165, 1.54) is 12.1 Å². The number of alkyl halides is 3. The minimum atomic E-state index is -4.36. The maximum atomic E-state index is 13.0. The van der Waals surface area contributed by atoms with Crippen molar-refractivity contribution in [3.8, 4) is 0 Å². The molecule has 0 saturated carbocycles. The summed E-state index contributed by atoms with van der Waals surface area (Å²) in [6.07, 6.45) is -5.53. The van der Waals surface area contributed by atoms with E-state index in [1.807, 2.05) is 0 Å². The summed E-state index contributed by atoms with van der Waals surface area (Å²) in [5, 5.41) is 0. The Balaban J connectivity index is 0.00000225. The zero-order valence-corrected chi connectivity index (χ0v) is 10.3. The average Bonchev–Trinajstić information content (AvgIpc) is 2.06. The summed E-state index contributed by atoms with van der Waals surface area (Å²) < 4.78 is 49.1. The molecule has 7 heteroatoms. The van der Waals surface area contributed by atoms with Gasteiger partial charge in [0.25, 0.3) is 0 Å². The van der Waals surface area contributed by atoms with Gasteiger partial charge in [-0.2, -0.15) is 13.2 Å². The molecule has 0 saturated heterocycles. The summed E-state index contributed by atoms with van der Waals surface area (Å²) in [5.74, 6) is -0.620. The molecule has 16 heavy (non-hydrogen) atoms. The summed E-state index contributed by atoms with van der Waals surface area (Å²) in [5.41, 5.74) is 5.45. The first-order chi connectivity index (χ1) is 6.81. The fourth-order valence-corrected chi connectivity index (χ4v) is 1.72. The molecule has 0 aliphatic heterocycles. The normalized spacial score (nSPS) is 13.1. The van der Waals surface area contributed by atoms with Crippen molar-refractivity contribution in [2.24, 2.45) is 5.73 Å². The van der Waals surface area contributed by atoms with Crippen LogP contribution in [0.25, 0.3) is 0 Å². The van der Waals surface area contributed by atoms with Crippen molar-refractivity contribution in [3.05, 3.63) is 34.1 Å². The Morgan fingerprint density at radius 3 is 2.38 bits per heavy atom. The van der Waals surface area contributed by atoms with E-state index in [4.69, 9.17) is 5.73 Å². The van der Waals surface area contributed by atoms with Gasteiger partial charge >= 0.3 is 6.18 Å². The third kappa shape index (κ3) is 4.27. The molecule has 1 rings (SSSR count). The molecule has 0 unspecified atom stereocenters. The summed E-state index contributed by atoms with van der Waals surface area (Å²) in [4.78, 5) is 0. The fraction of sp³-hybridized carbons (Fsp3) is 0.333. The van der Waals surface area contributed by atoms with Crippen LogP contribution >= 0.6 is 28.3 Å². The van der Waals surface area contributed by atoms with Gasteiger partial charge in [0, 0.05) is 6.04 Å². The van der Waals surface area contributed by atoms with Crippen LogP contribution < -0.4 is 5.73 Å². The van der Waals surface area contributed by atoms with Gasteiger partial charge in [-0.25, -0.2) is 4.39 Å². The lowest BCUT2D eigenvalue weighted by molar-refractivity contribution is -0.138. The fourth-order valence-electron chi connectivity index (χ4n) is 1.17. The Morgan fingerprint density at radius 1 is 1.31 bits per heavy atom. The molecule has 0 aromatic heterocycles. The minimum Gasteiger partial charge on any atom is -0.324 e. The minimum absolute atomic E-state index is 0. The second kappa shape index (κ2) is 5.84. The molecular formula is C9H9BrClF4N. The zero-order chi connectivity index (χ0) is 11.6. The van der Waals surface area contributed by atoms with Crippen LogP contribution in [0.2, 0.25) is 0 Å². The van der Waals surface area contributed by atoms with Crippen molar-refractivity contribution in [2.45, 2.75) is 18.6 Å². The molecule has 0 bridgehead atoms. The van der Waals surface area contributed by atoms with E-state index in [1.54, 1.807) is 0 Å². The summed E-state index contributed by atoms with van der Waals surface area (Å²) in [6, 6.07) is 2.58. The van der Waals surface area contributed by atoms with E-state index in [2.05, 4.69) is 15.9 Å². The van der Waals surface area contributed by atoms with Gasteiger partial charge in [0.05, 0.1) is 10.9 Å². The SMILES string of the molecule is Cl.N[C@H](CC(F)(F)F)c1cccc(F)c1Br. The van der Waals surface area contributed by atoms with Gasteiger partial charge in [0.15, 0.2) is 0 Å². The van der Waals surface area contributed by atoms with Crippen molar-refractivity contribution in [1.29, 1.82) is 0 Å². The highest BCUT2D eigenvalue weighted by molar-refractivity contribution is 9.10. The van der Waals surface area contributed by atoms with Crippen LogP contribution in [0, 0.1) is 5.82 Å². The molecule has 92 valence electrons. The molecule has 0 spiro atoms. The highest BCUT2D eigenvalue weighted by Gasteiger charge is 2.31. The second-order valence-corrected chi connectivity index (χ2v) is 3.86. The molecule has 1 aromatic rings. The van der Waals surface area contributed by atoms with Crippen molar-refractivity contribution in [3.63, 3.8) is 0 Å². The van der Waals surface area contributed by atoms with Gasteiger partial charge in [-0.15, -0.1) is 12.4 Å². The van der Waals surface area contributed by atoms with Crippen LogP contribution in [-0.4, -0.2) is 6.18 Å². The lowest BCUT2D eigenvalue weighted by Crippen LogP contribution is -2.20. The van der Waals surface area contributed by atoms with E-state index >= 15 is 0 Å². The third-order valence-electron chi connectivity index (χ3n) is 1.83. The number of benzene rings is 1. The molecule has 1 nitrogen and oxygen atoms in total. The van der Waals surface area contributed by atoms with Gasteiger partial charge in [-0.1, -0.05) is 12.1 Å². The van der Waals surface area contributed by atoms with Crippen molar-refractivity contribution < 1.29 is 17.6 Å². The number of rotatable bonds is 2. The molecule has 0 aliphatic carbocycles. The molecule has 2 N–H and O–H groups in total. The van der Waals surface area contributed by atoms with E-state index in [9.17, 15) is 17.6 Å². The maximum Gasteiger partial charge on any atom is 0.390 e. The standard InChI is InChI=1S/C9H8BrF4N.ClH/c10-8-5(2-1-3-6(8)11)7(15)4-9(12,13)14;/h1-3,7H,4,15H2;1H/t7-;/m1./s1. The number of nitrogens with two attached hydrogens (primary N) is 1. The predicted octanol–water partition coefficient (Wildman–Crippen LogP) is 3.96. The van der Waals surface area contributed by atoms with Gasteiger partial charge in [-0.3, -0.25) is 0 Å². The monoisotopic (exact) mass is 321 g/mol. The number of hydrogen-bond donors (Lipinski definition) is 1. The first kappa shape index (κ1) is 15.7. The van der Waals surface area contributed by atoms with Crippen LogP contribution in [0.5, 0.6) is 0 Å². The molecule has 1 aromatic carbocycles. The zero-order valence-electron chi connectivity index (χ0n) is 7.89. The lowest BCUT2D eigenvalue weighted by atomic mass is 10.0. The highest BCUT2D eigenvalue weighted by Crippen LogP contribution is 2.32. The number of halogens is 6. The Hall–Kier alpha value is -0.330. The summed E-state index contributed by atoms with van der Waals surface area (Å²) in [7, 11) is 0. The van der Waals surface area contributed by atoms with Gasteiger partial charge in [0.2, 0.25) is 0 Å². The largest absolute Gasteiger partial charge is 0.390 e. The van der Waals surface area contributed by atoms with Crippen LogP contribution in [0.3, 0.4) is 0 Å². The molecular weight excluding hydrogens is 313 g/mol. The van der Waals surface area contributed by atoms with Crippen LogP contribution in [-0.2, 0) is 0 Å². The molecule has 0 aliphatic rings. The van der Waals surface area contributed by atoms with Gasteiger partial charge in [-0.05, 0) is 27.6 Å². The molecule has 0 fully saturated rings. The molecule has 0 amide bonds.